The number of nitrogens with two attached hydrogens (primary N) is 8. The van der Waals surface area contributed by atoms with Crippen LogP contribution in [0.2, 0.25) is 0 Å². The Morgan fingerprint density at radius 2 is 0.537 bits per heavy atom. The van der Waals surface area contributed by atoms with Gasteiger partial charge >= 0.3 is 23.9 Å². The quantitative estimate of drug-likeness (QED) is 0.0493. The first-order valence-corrected chi connectivity index (χ1v) is 13.5. The number of carboxylic acids is 4. The largest absolute Gasteiger partial charge is 0.480 e. The van der Waals surface area contributed by atoms with Gasteiger partial charge < -0.3 is 66.3 Å². The number of unbranched alkanes of at least 4 members (excludes halogenated alkanes) is 4. The molecule has 16 nitrogen and oxygen atoms in total. The second-order valence-electron chi connectivity index (χ2n) is 8.92. The molecule has 4 atom stereocenters. The van der Waals surface area contributed by atoms with Gasteiger partial charge in [-0.3, -0.25) is 19.2 Å². The van der Waals surface area contributed by atoms with Crippen LogP contribution in [0.1, 0.15) is 77.0 Å². The number of aliphatic carboxylic acids is 4. The summed E-state index contributed by atoms with van der Waals surface area (Å²) in [5.74, 6) is -3.73. The third-order valence-electron chi connectivity index (χ3n) is 5.15. The van der Waals surface area contributed by atoms with E-state index in [0.717, 1.165) is 51.4 Å². The SMILES string of the molecule is NCCCC[C@H](N)C(=O)O.NCCCC[C@H](N)C(=O)O.NCCCC[C@H](N)C(=O)O.NCCCC[C@H](N)C(=O)O.[Mo]. The van der Waals surface area contributed by atoms with Crippen LogP contribution in [0.4, 0.5) is 0 Å². The van der Waals surface area contributed by atoms with E-state index in [4.69, 9.17) is 66.3 Å². The number of hydrogen-bond donors (Lipinski definition) is 12. The van der Waals surface area contributed by atoms with Crippen molar-refractivity contribution in [1.82, 2.24) is 0 Å². The van der Waals surface area contributed by atoms with Gasteiger partial charge in [-0.05, 0) is 77.5 Å². The van der Waals surface area contributed by atoms with Crippen molar-refractivity contribution in [3.63, 3.8) is 0 Å². The van der Waals surface area contributed by atoms with Crippen molar-refractivity contribution < 1.29 is 60.7 Å². The van der Waals surface area contributed by atoms with Crippen molar-refractivity contribution in [1.29, 1.82) is 0 Å². The average Bonchev–Trinajstić information content (AvgIpc) is 2.89. The molecule has 41 heavy (non-hydrogen) atoms. The van der Waals surface area contributed by atoms with E-state index in [2.05, 4.69) is 0 Å². The van der Waals surface area contributed by atoms with Crippen LogP contribution in [-0.4, -0.2) is 94.6 Å². The molecule has 0 aromatic carbocycles. The van der Waals surface area contributed by atoms with Gasteiger partial charge in [-0.2, -0.15) is 0 Å². The summed E-state index contributed by atoms with van der Waals surface area (Å²) in [6.45, 7) is 2.41. The maximum Gasteiger partial charge on any atom is 0.320 e. The maximum absolute atomic E-state index is 10.1. The summed E-state index contributed by atoms with van der Waals surface area (Å²) in [7, 11) is 0. The molecule has 0 aromatic rings. The van der Waals surface area contributed by atoms with Crippen LogP contribution in [0.25, 0.3) is 0 Å². The van der Waals surface area contributed by atoms with Crippen LogP contribution in [0, 0.1) is 0 Å². The number of carboxylic acid groups (broad SMARTS) is 4. The molecule has 0 bridgehead atoms. The van der Waals surface area contributed by atoms with Crippen molar-refractivity contribution in [2.24, 2.45) is 45.9 Å². The fourth-order valence-electron chi connectivity index (χ4n) is 2.53. The minimum atomic E-state index is -0.933. The molecule has 0 fully saturated rings. The predicted octanol–water partition coefficient (Wildman–Crippen LogP) is -1.89. The minimum absolute atomic E-state index is 0. The first kappa shape index (κ1) is 49.0. The van der Waals surface area contributed by atoms with E-state index in [1.165, 1.54) is 0 Å². The molecule has 0 radical (unpaired) electrons. The fourth-order valence-corrected chi connectivity index (χ4v) is 2.53. The summed E-state index contributed by atoms with van der Waals surface area (Å²) < 4.78 is 0. The van der Waals surface area contributed by atoms with Gasteiger partial charge in [0.15, 0.2) is 0 Å². The van der Waals surface area contributed by atoms with Crippen molar-refractivity contribution in [2.45, 2.75) is 101 Å². The zero-order chi connectivity index (χ0) is 31.9. The zero-order valence-electron chi connectivity index (χ0n) is 24.1. The van der Waals surface area contributed by atoms with E-state index in [-0.39, 0.29) is 21.1 Å². The van der Waals surface area contributed by atoms with Gasteiger partial charge in [-0.1, -0.05) is 25.7 Å². The van der Waals surface area contributed by atoms with E-state index in [0.29, 0.717) is 51.9 Å². The molecule has 0 saturated carbocycles. The van der Waals surface area contributed by atoms with E-state index in [1.54, 1.807) is 0 Å². The molecule has 17 heteroatoms. The molecule has 0 heterocycles. The summed E-state index contributed by atoms with van der Waals surface area (Å²) in [5.41, 5.74) is 41.7. The van der Waals surface area contributed by atoms with Crippen LogP contribution in [0.15, 0.2) is 0 Å². The summed E-state index contributed by atoms with van der Waals surface area (Å²) in [5, 5.41) is 33.3. The Bertz CT molecular complexity index is 534. The molecular weight excluding hydrogens is 624 g/mol. The Hall–Kier alpha value is -1.75. The van der Waals surface area contributed by atoms with Gasteiger partial charge in [0.25, 0.3) is 0 Å². The topological polar surface area (TPSA) is 357 Å². The normalized spacial score (nSPS) is 12.7. The van der Waals surface area contributed by atoms with Gasteiger partial charge in [-0.15, -0.1) is 0 Å². The summed E-state index contributed by atoms with van der Waals surface area (Å²) in [6, 6.07) is -2.86. The molecule has 0 rings (SSSR count). The molecule has 0 aliphatic heterocycles. The van der Waals surface area contributed by atoms with Crippen molar-refractivity contribution in [3.8, 4) is 0 Å². The molecule has 0 spiro atoms. The standard InChI is InChI=1S/4C6H14N2O2.Mo/c4*7-4-2-1-3-5(8)6(9)10;/h4*5H,1-4,7-8H2,(H,9,10);/t4*5-;/m0000./s1. The molecule has 0 unspecified atom stereocenters. The molecule has 246 valence electrons. The van der Waals surface area contributed by atoms with Crippen molar-refractivity contribution in [3.05, 3.63) is 0 Å². The van der Waals surface area contributed by atoms with Crippen LogP contribution in [0.3, 0.4) is 0 Å². The maximum atomic E-state index is 10.1. The van der Waals surface area contributed by atoms with Crippen LogP contribution in [0.5, 0.6) is 0 Å². The van der Waals surface area contributed by atoms with Gasteiger partial charge in [0.05, 0.1) is 0 Å². The van der Waals surface area contributed by atoms with Gasteiger partial charge in [-0.25, -0.2) is 0 Å². The van der Waals surface area contributed by atoms with Gasteiger partial charge in [0.2, 0.25) is 0 Å². The van der Waals surface area contributed by atoms with Gasteiger partial charge in [0, 0.05) is 21.1 Å². The molecular formula is C24H56MoN8O8. The molecule has 0 saturated heterocycles. The second-order valence-corrected chi connectivity index (χ2v) is 8.92. The van der Waals surface area contributed by atoms with Crippen molar-refractivity contribution in [2.75, 3.05) is 26.2 Å². The Balaban J connectivity index is -0.000000139. The van der Waals surface area contributed by atoms with Crippen LogP contribution >= 0.6 is 0 Å². The predicted molar refractivity (Wildman–Crippen MR) is 154 cm³/mol. The smallest absolute Gasteiger partial charge is 0.320 e. The first-order chi connectivity index (χ1) is 18.7. The molecule has 0 aliphatic rings. The number of carbonyl (C=O) groups is 4. The third kappa shape index (κ3) is 42.8. The van der Waals surface area contributed by atoms with E-state index in [1.807, 2.05) is 0 Å². The van der Waals surface area contributed by atoms with Crippen LogP contribution in [-0.2, 0) is 40.2 Å². The molecule has 0 amide bonds. The van der Waals surface area contributed by atoms with Crippen molar-refractivity contribution >= 4 is 23.9 Å². The van der Waals surface area contributed by atoms with Gasteiger partial charge in [0.1, 0.15) is 24.2 Å². The zero-order valence-corrected chi connectivity index (χ0v) is 26.1. The molecule has 0 aromatic heterocycles. The Kier molecular flexibility index (Phi) is 43.3. The Morgan fingerprint density at radius 3 is 0.634 bits per heavy atom. The monoisotopic (exact) mass is 682 g/mol. The van der Waals surface area contributed by atoms with E-state index >= 15 is 0 Å². The van der Waals surface area contributed by atoms with E-state index < -0.39 is 48.0 Å². The fraction of sp³-hybridized carbons (Fsp3) is 0.833. The number of hydrogen-bond acceptors (Lipinski definition) is 12. The third-order valence-corrected chi connectivity index (χ3v) is 5.15. The Labute approximate surface area is 257 Å². The average molecular weight is 681 g/mol. The first-order valence-electron chi connectivity index (χ1n) is 13.5. The van der Waals surface area contributed by atoms with Crippen LogP contribution < -0.4 is 45.9 Å². The Morgan fingerprint density at radius 1 is 0.390 bits per heavy atom. The summed E-state index contributed by atoms with van der Waals surface area (Å²) in [6.07, 6.45) is 8.66. The summed E-state index contributed by atoms with van der Waals surface area (Å²) >= 11 is 0. The molecule has 0 aliphatic carbocycles. The minimum Gasteiger partial charge on any atom is -0.480 e. The summed E-state index contributed by atoms with van der Waals surface area (Å²) in [4.78, 5) is 40.5. The second kappa shape index (κ2) is 36.3. The van der Waals surface area contributed by atoms with E-state index in [9.17, 15) is 19.2 Å². The number of rotatable bonds is 20. The molecule has 20 N–H and O–H groups in total.